The predicted molar refractivity (Wildman–Crippen MR) is 52.9 cm³/mol. The van der Waals surface area contributed by atoms with Gasteiger partial charge in [-0.25, -0.2) is 0 Å². The van der Waals surface area contributed by atoms with Crippen molar-refractivity contribution in [1.82, 2.24) is 0 Å². The van der Waals surface area contributed by atoms with Crippen molar-refractivity contribution in [2.24, 2.45) is 0 Å². The number of benzene rings is 1. The molecule has 0 heterocycles. The summed E-state index contributed by atoms with van der Waals surface area (Å²) in [6.45, 7) is 0. The van der Waals surface area contributed by atoms with Gasteiger partial charge in [-0.1, -0.05) is 17.7 Å². The molecule has 0 aliphatic heterocycles. The van der Waals surface area contributed by atoms with Crippen molar-refractivity contribution in [3.05, 3.63) is 50.7 Å². The highest BCUT2D eigenvalue weighted by molar-refractivity contribution is 6.30. The Morgan fingerprint density at radius 1 is 1.36 bits per heavy atom. The Labute approximate surface area is 85.0 Å². The molecule has 0 bridgehead atoms. The number of aldehydes is 1. The lowest BCUT2D eigenvalue weighted by atomic mass is 10.1. The molecular formula is C9H6ClNO3. The molecule has 0 saturated heterocycles. The molecule has 0 atom stereocenters. The second-order valence-electron chi connectivity index (χ2n) is 2.49. The Kier molecular flexibility index (Phi) is 3.36. The summed E-state index contributed by atoms with van der Waals surface area (Å²) in [6.07, 6.45) is 2.63. The summed E-state index contributed by atoms with van der Waals surface area (Å²) in [6, 6.07) is 4.56. The molecule has 0 aliphatic carbocycles. The predicted octanol–water partition coefficient (Wildman–Crippen LogP) is 2.40. The van der Waals surface area contributed by atoms with Gasteiger partial charge < -0.3 is 0 Å². The molecule has 1 rings (SSSR count). The molecule has 72 valence electrons. The lowest BCUT2D eigenvalue weighted by Crippen LogP contribution is -1.88. The van der Waals surface area contributed by atoms with Gasteiger partial charge in [0.25, 0.3) is 0 Å². The molecule has 5 heteroatoms. The highest BCUT2D eigenvalue weighted by Crippen LogP contribution is 2.15. The minimum absolute atomic E-state index is 0.329. The van der Waals surface area contributed by atoms with Crippen molar-refractivity contribution in [3.8, 4) is 0 Å². The highest BCUT2D eigenvalue weighted by atomic mass is 35.5. The van der Waals surface area contributed by atoms with E-state index >= 15 is 0 Å². The molecule has 1 aromatic carbocycles. The Morgan fingerprint density at radius 3 is 2.64 bits per heavy atom. The monoisotopic (exact) mass is 211 g/mol. The SMILES string of the molecule is O=Cc1cc(Cl)ccc1/C=C/[N+](=O)[O-]. The normalized spacial score (nSPS) is 10.4. The van der Waals surface area contributed by atoms with Gasteiger partial charge in [0.15, 0.2) is 6.29 Å². The second-order valence-corrected chi connectivity index (χ2v) is 2.93. The van der Waals surface area contributed by atoms with E-state index in [0.717, 1.165) is 6.20 Å². The zero-order chi connectivity index (χ0) is 10.6. The van der Waals surface area contributed by atoms with Gasteiger partial charge in [0.05, 0.1) is 4.92 Å². The van der Waals surface area contributed by atoms with Gasteiger partial charge in [0.1, 0.15) is 0 Å². The fourth-order valence-corrected chi connectivity index (χ4v) is 1.12. The molecule has 1 aromatic rings. The molecular weight excluding hydrogens is 206 g/mol. The van der Waals surface area contributed by atoms with Crippen molar-refractivity contribution in [3.63, 3.8) is 0 Å². The Bertz CT molecular complexity index is 401. The van der Waals surface area contributed by atoms with Crippen molar-refractivity contribution in [2.45, 2.75) is 0 Å². The molecule has 4 nitrogen and oxygen atoms in total. The number of carbonyl (C=O) groups is 1. The Balaban J connectivity index is 3.08. The van der Waals surface area contributed by atoms with E-state index in [4.69, 9.17) is 11.6 Å². The third-order valence-electron chi connectivity index (χ3n) is 1.55. The summed E-state index contributed by atoms with van der Waals surface area (Å²) in [5.74, 6) is 0. The first-order chi connectivity index (χ1) is 6.63. The average molecular weight is 212 g/mol. The maximum atomic E-state index is 10.6. The zero-order valence-electron chi connectivity index (χ0n) is 7.01. The quantitative estimate of drug-likeness (QED) is 0.438. The van der Waals surface area contributed by atoms with Crippen molar-refractivity contribution in [1.29, 1.82) is 0 Å². The third kappa shape index (κ3) is 2.67. The summed E-state index contributed by atoms with van der Waals surface area (Å²) in [5, 5.41) is 10.5. The molecule has 0 fully saturated rings. The molecule has 0 aromatic heterocycles. The average Bonchev–Trinajstić information content (AvgIpc) is 2.15. The first kappa shape index (κ1) is 10.4. The van der Waals surface area contributed by atoms with Gasteiger partial charge >= 0.3 is 0 Å². The number of nitro groups is 1. The van der Waals surface area contributed by atoms with Crippen LogP contribution >= 0.6 is 11.6 Å². The first-order valence-corrected chi connectivity index (χ1v) is 4.07. The largest absolute Gasteiger partial charge is 0.298 e. The number of rotatable bonds is 3. The van der Waals surface area contributed by atoms with Crippen LogP contribution in [0.4, 0.5) is 0 Å². The molecule has 0 spiro atoms. The van der Waals surface area contributed by atoms with E-state index in [9.17, 15) is 14.9 Å². The van der Waals surface area contributed by atoms with E-state index < -0.39 is 4.92 Å². The minimum Gasteiger partial charge on any atom is -0.298 e. The minimum atomic E-state index is -0.594. The van der Waals surface area contributed by atoms with Crippen LogP contribution in [0.2, 0.25) is 5.02 Å². The van der Waals surface area contributed by atoms with Crippen LogP contribution in [0.3, 0.4) is 0 Å². The maximum absolute atomic E-state index is 10.6. The summed E-state index contributed by atoms with van der Waals surface area (Å²) in [7, 11) is 0. The van der Waals surface area contributed by atoms with Gasteiger partial charge in [-0.2, -0.15) is 0 Å². The fourth-order valence-electron chi connectivity index (χ4n) is 0.941. The standard InChI is InChI=1S/C9H6ClNO3/c10-9-2-1-7(3-4-11(13)14)8(5-9)6-12/h1-6H/b4-3+. The Hall–Kier alpha value is -1.68. The van der Waals surface area contributed by atoms with Crippen LogP contribution in [0, 0.1) is 10.1 Å². The van der Waals surface area contributed by atoms with Gasteiger partial charge in [-0.3, -0.25) is 14.9 Å². The van der Waals surface area contributed by atoms with Gasteiger partial charge in [0, 0.05) is 16.7 Å². The van der Waals surface area contributed by atoms with Crippen LogP contribution < -0.4 is 0 Å². The van der Waals surface area contributed by atoms with Gasteiger partial charge in [-0.05, 0) is 17.7 Å². The number of hydrogen-bond acceptors (Lipinski definition) is 3. The van der Waals surface area contributed by atoms with Gasteiger partial charge in [-0.15, -0.1) is 0 Å². The lowest BCUT2D eigenvalue weighted by molar-refractivity contribution is -0.400. The second kappa shape index (κ2) is 4.53. The molecule has 0 amide bonds. The first-order valence-electron chi connectivity index (χ1n) is 3.70. The number of carbonyl (C=O) groups excluding carboxylic acids is 1. The lowest BCUT2D eigenvalue weighted by Gasteiger charge is -1.97. The van der Waals surface area contributed by atoms with E-state index in [1.54, 1.807) is 12.1 Å². The van der Waals surface area contributed by atoms with E-state index in [-0.39, 0.29) is 0 Å². The number of halogens is 1. The van der Waals surface area contributed by atoms with E-state index in [2.05, 4.69) is 0 Å². The van der Waals surface area contributed by atoms with Crippen LogP contribution in [0.25, 0.3) is 6.08 Å². The zero-order valence-corrected chi connectivity index (χ0v) is 7.77. The van der Waals surface area contributed by atoms with Crippen molar-refractivity contribution < 1.29 is 9.72 Å². The van der Waals surface area contributed by atoms with E-state index in [1.165, 1.54) is 12.1 Å². The highest BCUT2D eigenvalue weighted by Gasteiger charge is 2.00. The van der Waals surface area contributed by atoms with Gasteiger partial charge in [0.2, 0.25) is 6.20 Å². The molecule has 14 heavy (non-hydrogen) atoms. The van der Waals surface area contributed by atoms with E-state index in [1.807, 2.05) is 0 Å². The Morgan fingerprint density at radius 2 is 2.07 bits per heavy atom. The molecule has 0 unspecified atom stereocenters. The van der Waals surface area contributed by atoms with Crippen molar-refractivity contribution >= 4 is 24.0 Å². The smallest absolute Gasteiger partial charge is 0.235 e. The summed E-state index contributed by atoms with van der Waals surface area (Å²) >= 11 is 5.64. The van der Waals surface area contributed by atoms with Crippen LogP contribution in [0.15, 0.2) is 24.4 Å². The molecule has 0 radical (unpaired) electrons. The third-order valence-corrected chi connectivity index (χ3v) is 1.79. The maximum Gasteiger partial charge on any atom is 0.235 e. The molecule has 0 aliphatic rings. The van der Waals surface area contributed by atoms with Crippen molar-refractivity contribution in [2.75, 3.05) is 0 Å². The van der Waals surface area contributed by atoms with Crippen LogP contribution in [-0.4, -0.2) is 11.2 Å². The summed E-state index contributed by atoms with van der Waals surface area (Å²) in [5.41, 5.74) is 0.803. The summed E-state index contributed by atoms with van der Waals surface area (Å²) in [4.78, 5) is 20.0. The topological polar surface area (TPSA) is 60.2 Å². The van der Waals surface area contributed by atoms with Crippen LogP contribution in [0.5, 0.6) is 0 Å². The molecule has 0 saturated carbocycles. The number of nitrogens with zero attached hydrogens (tertiary/aromatic N) is 1. The van der Waals surface area contributed by atoms with E-state index in [0.29, 0.717) is 22.4 Å². The van der Waals surface area contributed by atoms with Crippen LogP contribution in [-0.2, 0) is 0 Å². The molecule has 0 N–H and O–H groups in total. The number of hydrogen-bond donors (Lipinski definition) is 0. The summed E-state index contributed by atoms with van der Waals surface area (Å²) < 4.78 is 0. The fraction of sp³-hybridized carbons (Fsp3) is 0. The van der Waals surface area contributed by atoms with Crippen LogP contribution in [0.1, 0.15) is 15.9 Å².